The van der Waals surface area contributed by atoms with E-state index < -0.39 is 11.7 Å². The highest BCUT2D eigenvalue weighted by Gasteiger charge is 2.30. The van der Waals surface area contributed by atoms with Gasteiger partial charge in [0.25, 0.3) is 11.7 Å². The van der Waals surface area contributed by atoms with Crippen LogP contribution in [0.4, 0.5) is 5.82 Å². The maximum Gasteiger partial charge on any atom is 0.295 e. The first kappa shape index (κ1) is 21.9. The van der Waals surface area contributed by atoms with E-state index in [0.29, 0.717) is 54.4 Å². The molecule has 0 aliphatic carbocycles. The number of amides is 1. The predicted octanol–water partition coefficient (Wildman–Crippen LogP) is 2.84. The van der Waals surface area contributed by atoms with Crippen LogP contribution in [-0.2, 0) is 4.79 Å². The van der Waals surface area contributed by atoms with Gasteiger partial charge in [0, 0.05) is 42.8 Å². The normalized spacial score (nSPS) is 14.1. The molecule has 1 N–H and O–H groups in total. The molecular weight excluding hydrogens is 456 g/mol. The molecule has 0 saturated carbocycles. The lowest BCUT2D eigenvalue weighted by atomic mass is 10.1. The molecule has 5 aromatic rings. The molecule has 1 aliphatic rings. The quantitative estimate of drug-likeness (QED) is 0.311. The first-order chi connectivity index (χ1) is 17.5. The first-order valence-electron chi connectivity index (χ1n) is 11.8. The van der Waals surface area contributed by atoms with Crippen LogP contribution in [0, 0.1) is 13.8 Å². The van der Waals surface area contributed by atoms with Crippen LogP contribution in [0.5, 0.6) is 0 Å². The van der Waals surface area contributed by atoms with Crippen molar-refractivity contribution in [2.75, 3.05) is 31.1 Å². The maximum atomic E-state index is 13.2. The summed E-state index contributed by atoms with van der Waals surface area (Å²) >= 11 is 0. The van der Waals surface area contributed by atoms with Gasteiger partial charge in [-0.1, -0.05) is 41.1 Å². The second-order valence-electron chi connectivity index (χ2n) is 8.99. The van der Waals surface area contributed by atoms with E-state index in [1.807, 2.05) is 62.4 Å². The standard InChI is InChI=1S/C26H24N8O2/c1-16-7-9-18(10-8-16)34-25-22(30-31-34)24(27-15-28-25)32-11-13-33(14-12-32)26(36)23(35)21-17(2)29-20-6-4-3-5-19(20)21/h3-10,15,29H,11-14H2,1-2H3. The Kier molecular flexibility index (Phi) is 5.21. The van der Waals surface area contributed by atoms with Crippen LogP contribution in [0.15, 0.2) is 54.9 Å². The van der Waals surface area contributed by atoms with Crippen LogP contribution >= 0.6 is 0 Å². The van der Waals surface area contributed by atoms with Crippen LogP contribution in [0.3, 0.4) is 0 Å². The molecule has 36 heavy (non-hydrogen) atoms. The second kappa shape index (κ2) is 8.56. The van der Waals surface area contributed by atoms with Crippen LogP contribution in [0.2, 0.25) is 0 Å². The Balaban J connectivity index is 1.21. The van der Waals surface area contributed by atoms with E-state index in [4.69, 9.17) is 0 Å². The topological polar surface area (TPSA) is 113 Å². The molecule has 2 aromatic carbocycles. The summed E-state index contributed by atoms with van der Waals surface area (Å²) in [5.41, 5.74) is 5.24. The molecule has 180 valence electrons. The summed E-state index contributed by atoms with van der Waals surface area (Å²) in [4.78, 5) is 42.0. The van der Waals surface area contributed by atoms with Crippen molar-refractivity contribution >= 4 is 39.6 Å². The largest absolute Gasteiger partial charge is 0.358 e. The second-order valence-corrected chi connectivity index (χ2v) is 8.99. The first-order valence-corrected chi connectivity index (χ1v) is 11.8. The number of aryl methyl sites for hydroxylation is 2. The van der Waals surface area contributed by atoms with Gasteiger partial charge in [0.05, 0.1) is 11.3 Å². The lowest BCUT2D eigenvalue weighted by Gasteiger charge is -2.34. The molecule has 0 atom stereocenters. The van der Waals surface area contributed by atoms with Crippen molar-refractivity contribution in [3.8, 4) is 5.69 Å². The molecular formula is C26H24N8O2. The van der Waals surface area contributed by atoms with Crippen molar-refractivity contribution in [3.63, 3.8) is 0 Å². The number of fused-ring (bicyclic) bond motifs is 2. The Morgan fingerprint density at radius 2 is 1.67 bits per heavy atom. The average Bonchev–Trinajstić information content (AvgIpc) is 3.49. The fraction of sp³-hybridized carbons (Fsp3) is 0.231. The van der Waals surface area contributed by atoms with E-state index in [0.717, 1.165) is 22.2 Å². The number of nitrogens with zero attached hydrogens (tertiary/aromatic N) is 7. The smallest absolute Gasteiger partial charge is 0.295 e. The molecule has 6 rings (SSSR count). The highest BCUT2D eigenvalue weighted by atomic mass is 16.2. The summed E-state index contributed by atoms with van der Waals surface area (Å²) in [5.74, 6) is -0.297. The molecule has 3 aromatic heterocycles. The molecule has 1 aliphatic heterocycles. The lowest BCUT2D eigenvalue weighted by molar-refractivity contribution is -0.126. The Labute approximate surface area is 206 Å². The van der Waals surface area contributed by atoms with Gasteiger partial charge in [-0.3, -0.25) is 9.59 Å². The lowest BCUT2D eigenvalue weighted by Crippen LogP contribution is -2.51. The van der Waals surface area contributed by atoms with E-state index >= 15 is 0 Å². The number of hydrogen-bond donors (Lipinski definition) is 1. The molecule has 0 bridgehead atoms. The third-order valence-corrected chi connectivity index (χ3v) is 6.68. The molecule has 1 fully saturated rings. The third-order valence-electron chi connectivity index (χ3n) is 6.68. The van der Waals surface area contributed by atoms with Gasteiger partial charge in [-0.05, 0) is 32.0 Å². The molecule has 10 nitrogen and oxygen atoms in total. The van der Waals surface area contributed by atoms with Crippen LogP contribution < -0.4 is 4.90 Å². The fourth-order valence-corrected chi connectivity index (χ4v) is 4.77. The predicted molar refractivity (Wildman–Crippen MR) is 135 cm³/mol. The minimum Gasteiger partial charge on any atom is -0.358 e. The summed E-state index contributed by atoms with van der Waals surface area (Å²) in [7, 11) is 0. The van der Waals surface area contributed by atoms with E-state index in [1.165, 1.54) is 6.33 Å². The third kappa shape index (κ3) is 3.58. The van der Waals surface area contributed by atoms with Gasteiger partial charge in [0.1, 0.15) is 6.33 Å². The maximum absolute atomic E-state index is 13.2. The zero-order chi connectivity index (χ0) is 24.8. The number of carbonyl (C=O) groups is 2. The summed E-state index contributed by atoms with van der Waals surface area (Å²) in [6.45, 7) is 5.71. The number of benzene rings is 2. The highest BCUT2D eigenvalue weighted by Crippen LogP contribution is 2.25. The Bertz CT molecular complexity index is 1610. The van der Waals surface area contributed by atoms with Crippen LogP contribution in [0.1, 0.15) is 21.6 Å². The summed E-state index contributed by atoms with van der Waals surface area (Å²) in [5, 5.41) is 9.43. The molecule has 0 spiro atoms. The van der Waals surface area contributed by atoms with E-state index in [9.17, 15) is 9.59 Å². The highest BCUT2D eigenvalue weighted by molar-refractivity contribution is 6.45. The summed E-state index contributed by atoms with van der Waals surface area (Å²) < 4.78 is 1.70. The number of nitrogens with one attached hydrogen (secondary N) is 1. The number of piperazine rings is 1. The number of H-pyrrole nitrogens is 1. The number of ketones is 1. The summed E-state index contributed by atoms with van der Waals surface area (Å²) in [6.07, 6.45) is 1.51. The number of carbonyl (C=O) groups excluding carboxylic acids is 2. The number of para-hydroxylation sites is 1. The van der Waals surface area contributed by atoms with E-state index in [1.54, 1.807) is 9.58 Å². The van der Waals surface area contributed by atoms with Crippen molar-refractivity contribution in [2.24, 2.45) is 0 Å². The number of aromatic amines is 1. The average molecular weight is 481 g/mol. The van der Waals surface area contributed by atoms with Gasteiger partial charge in [0.15, 0.2) is 17.0 Å². The number of anilines is 1. The SMILES string of the molecule is Cc1ccc(-n2nnc3c(N4CCN(C(=O)C(=O)c5c(C)[nH]c6ccccc56)CC4)ncnc32)cc1. The van der Waals surface area contributed by atoms with Gasteiger partial charge in [-0.25, -0.2) is 9.97 Å². The van der Waals surface area contributed by atoms with Crippen LogP contribution in [-0.4, -0.2) is 72.7 Å². The number of Topliss-reactive ketones (excluding diaryl/α,β-unsaturated/α-hetero) is 1. The number of hydrogen-bond acceptors (Lipinski definition) is 7. The number of aromatic nitrogens is 6. The van der Waals surface area contributed by atoms with Gasteiger partial charge >= 0.3 is 0 Å². The minimum absolute atomic E-state index is 0.406. The van der Waals surface area contributed by atoms with E-state index in [-0.39, 0.29) is 0 Å². The van der Waals surface area contributed by atoms with Crippen molar-refractivity contribution in [3.05, 3.63) is 71.7 Å². The Hall–Kier alpha value is -4.60. The number of rotatable bonds is 4. The van der Waals surface area contributed by atoms with Crippen molar-refractivity contribution in [1.82, 2.24) is 34.8 Å². The van der Waals surface area contributed by atoms with Crippen molar-refractivity contribution in [1.29, 1.82) is 0 Å². The molecule has 1 amide bonds. The monoisotopic (exact) mass is 480 g/mol. The summed E-state index contributed by atoms with van der Waals surface area (Å²) in [6, 6.07) is 15.5. The van der Waals surface area contributed by atoms with Gasteiger partial charge in [-0.2, -0.15) is 4.68 Å². The molecule has 1 saturated heterocycles. The van der Waals surface area contributed by atoms with Crippen LogP contribution in [0.25, 0.3) is 27.8 Å². The minimum atomic E-state index is -0.486. The van der Waals surface area contributed by atoms with Gasteiger partial charge in [-0.15, -0.1) is 5.10 Å². The zero-order valence-corrected chi connectivity index (χ0v) is 20.0. The Morgan fingerprint density at radius 1 is 0.917 bits per heavy atom. The van der Waals surface area contributed by atoms with E-state index in [2.05, 4.69) is 30.2 Å². The molecule has 10 heteroatoms. The van der Waals surface area contributed by atoms with Crippen molar-refractivity contribution < 1.29 is 9.59 Å². The van der Waals surface area contributed by atoms with Crippen molar-refractivity contribution in [2.45, 2.75) is 13.8 Å². The molecule has 0 unspecified atom stereocenters. The molecule has 0 radical (unpaired) electrons. The van der Waals surface area contributed by atoms with Gasteiger partial charge < -0.3 is 14.8 Å². The molecule has 4 heterocycles. The van der Waals surface area contributed by atoms with Gasteiger partial charge in [0.2, 0.25) is 0 Å². The Morgan fingerprint density at radius 3 is 2.44 bits per heavy atom. The zero-order valence-electron chi connectivity index (χ0n) is 20.0. The fourth-order valence-electron chi connectivity index (χ4n) is 4.77.